The fourth-order valence-electron chi connectivity index (χ4n) is 5.76. The van der Waals surface area contributed by atoms with Crippen molar-refractivity contribution in [2.24, 2.45) is 4.99 Å². The fourth-order valence-corrected chi connectivity index (χ4v) is 5.76. The van der Waals surface area contributed by atoms with Crippen LogP contribution in [0.5, 0.6) is 0 Å². The molecule has 39 heavy (non-hydrogen) atoms. The number of benzene rings is 3. The lowest BCUT2D eigenvalue weighted by Gasteiger charge is -2.21. The highest BCUT2D eigenvalue weighted by molar-refractivity contribution is 6.24. The fraction of sp³-hybridized carbons (Fsp3) is 0.290. The molecule has 0 bridgehead atoms. The lowest BCUT2D eigenvalue weighted by atomic mass is 9.90. The number of nitrogens with zero attached hydrogens (tertiary/aromatic N) is 3. The van der Waals surface area contributed by atoms with Crippen molar-refractivity contribution in [3.05, 3.63) is 89.0 Å². The van der Waals surface area contributed by atoms with Crippen LogP contribution in [0.25, 0.3) is 0 Å². The van der Waals surface area contributed by atoms with Crippen LogP contribution in [0.4, 0.5) is 17.1 Å². The Labute approximate surface area is 227 Å². The van der Waals surface area contributed by atoms with E-state index in [1.54, 1.807) is 18.2 Å². The lowest BCUT2D eigenvalue weighted by Crippen LogP contribution is -2.38. The molecule has 1 N–H and O–H groups in total. The number of aliphatic imine (C=N–C) groups is 1. The van der Waals surface area contributed by atoms with E-state index < -0.39 is 11.9 Å². The zero-order chi connectivity index (χ0) is 26.9. The summed E-state index contributed by atoms with van der Waals surface area (Å²) in [6, 6.07) is 20.7. The zero-order valence-electron chi connectivity index (χ0n) is 21.9. The van der Waals surface area contributed by atoms with Crippen LogP contribution < -0.4 is 10.2 Å². The molecule has 3 aromatic rings. The van der Waals surface area contributed by atoms with Crippen LogP contribution in [-0.2, 0) is 20.7 Å². The number of anilines is 2. The molecule has 8 nitrogen and oxygen atoms in total. The van der Waals surface area contributed by atoms with E-state index in [1.165, 1.54) is 7.11 Å². The number of amides is 2. The van der Waals surface area contributed by atoms with Crippen molar-refractivity contribution >= 4 is 40.6 Å². The van der Waals surface area contributed by atoms with Gasteiger partial charge in [-0.3, -0.25) is 19.5 Å². The highest BCUT2D eigenvalue weighted by atomic mass is 16.5. The van der Waals surface area contributed by atoms with E-state index in [9.17, 15) is 14.4 Å². The van der Waals surface area contributed by atoms with Crippen molar-refractivity contribution in [2.75, 3.05) is 43.5 Å². The Morgan fingerprint density at radius 1 is 0.974 bits per heavy atom. The van der Waals surface area contributed by atoms with Crippen molar-refractivity contribution in [3.63, 3.8) is 0 Å². The monoisotopic (exact) mass is 522 g/mol. The number of hydrogen-bond acceptors (Lipinski definition) is 6. The summed E-state index contributed by atoms with van der Waals surface area (Å²) in [5.74, 6) is -1.16. The first-order valence-electron chi connectivity index (χ1n) is 13.3. The second-order valence-electron chi connectivity index (χ2n) is 10.2. The van der Waals surface area contributed by atoms with Crippen LogP contribution in [0.3, 0.4) is 0 Å². The minimum atomic E-state index is -0.638. The van der Waals surface area contributed by atoms with Crippen molar-refractivity contribution in [2.45, 2.75) is 25.2 Å². The van der Waals surface area contributed by atoms with Crippen LogP contribution in [0, 0.1) is 0 Å². The molecule has 0 aromatic heterocycles. The van der Waals surface area contributed by atoms with Crippen LogP contribution in [0.1, 0.15) is 45.8 Å². The molecule has 6 rings (SSSR count). The van der Waals surface area contributed by atoms with Crippen molar-refractivity contribution < 1.29 is 19.1 Å². The number of rotatable bonds is 6. The first kappa shape index (κ1) is 25.0. The summed E-state index contributed by atoms with van der Waals surface area (Å²) in [7, 11) is 1.33. The van der Waals surface area contributed by atoms with Gasteiger partial charge in [-0.05, 0) is 79.4 Å². The van der Waals surface area contributed by atoms with Gasteiger partial charge in [0.05, 0.1) is 30.6 Å². The number of likely N-dealkylation sites (tertiary alicyclic amines) is 1. The molecule has 3 aliphatic rings. The molecule has 1 saturated heterocycles. The molecule has 3 aliphatic heterocycles. The van der Waals surface area contributed by atoms with Gasteiger partial charge in [0, 0.05) is 17.9 Å². The topological polar surface area (TPSA) is 91.3 Å². The summed E-state index contributed by atoms with van der Waals surface area (Å²) in [6.45, 7) is 3.11. The van der Waals surface area contributed by atoms with Gasteiger partial charge in [-0.15, -0.1) is 0 Å². The lowest BCUT2D eigenvalue weighted by molar-refractivity contribution is -0.119. The number of hydrogen-bond donors (Lipinski definition) is 1. The van der Waals surface area contributed by atoms with Crippen LogP contribution in [-0.4, -0.2) is 61.7 Å². The summed E-state index contributed by atoms with van der Waals surface area (Å²) in [5, 5.41) is 2.92. The first-order valence-corrected chi connectivity index (χ1v) is 13.3. The Balaban J connectivity index is 1.33. The van der Waals surface area contributed by atoms with Gasteiger partial charge in [0.2, 0.25) is 11.8 Å². The van der Waals surface area contributed by atoms with Crippen molar-refractivity contribution in [3.8, 4) is 0 Å². The molecule has 0 radical (unpaired) electrons. The number of methoxy groups -OCH3 is 1. The molecule has 2 amide bonds. The van der Waals surface area contributed by atoms with E-state index in [4.69, 9.17) is 9.73 Å². The number of ether oxygens (including phenoxy) is 1. The smallest absolute Gasteiger partial charge is 0.337 e. The largest absolute Gasteiger partial charge is 0.465 e. The van der Waals surface area contributed by atoms with E-state index in [2.05, 4.69) is 10.2 Å². The normalized spacial score (nSPS) is 18.6. The van der Waals surface area contributed by atoms with Gasteiger partial charge in [0.1, 0.15) is 5.92 Å². The molecular weight excluding hydrogens is 492 g/mol. The van der Waals surface area contributed by atoms with E-state index in [0.717, 1.165) is 60.4 Å². The maximum Gasteiger partial charge on any atom is 0.337 e. The average molecular weight is 523 g/mol. The van der Waals surface area contributed by atoms with Crippen LogP contribution >= 0.6 is 0 Å². The Kier molecular flexibility index (Phi) is 6.70. The molecule has 198 valence electrons. The molecule has 1 unspecified atom stereocenters. The summed E-state index contributed by atoms with van der Waals surface area (Å²) in [4.78, 5) is 47.4. The standard InChI is InChI=1S/C31H30N4O4/c1-39-31(38)22-9-11-24-25(18-22)33-30(37)28(24)29(20-7-3-2-4-8-20)32-23-10-12-26-21(17-23)13-16-35(26)27(36)19-34-14-5-6-15-34/h2-4,7-12,17-18,28H,5-6,13-16,19H2,1H3,(H,33,37). The van der Waals surface area contributed by atoms with E-state index in [-0.39, 0.29) is 11.8 Å². The number of esters is 1. The van der Waals surface area contributed by atoms with Gasteiger partial charge in [0.25, 0.3) is 0 Å². The van der Waals surface area contributed by atoms with Crippen LogP contribution in [0.2, 0.25) is 0 Å². The summed E-state index contributed by atoms with van der Waals surface area (Å²) in [6.07, 6.45) is 3.09. The van der Waals surface area contributed by atoms with Crippen molar-refractivity contribution in [1.29, 1.82) is 0 Å². The maximum atomic E-state index is 13.3. The second-order valence-corrected chi connectivity index (χ2v) is 10.2. The zero-order valence-corrected chi connectivity index (χ0v) is 21.9. The van der Waals surface area contributed by atoms with E-state index >= 15 is 0 Å². The minimum Gasteiger partial charge on any atom is -0.465 e. The third-order valence-corrected chi connectivity index (χ3v) is 7.72. The highest BCUT2D eigenvalue weighted by Gasteiger charge is 2.36. The third kappa shape index (κ3) is 4.83. The van der Waals surface area contributed by atoms with Gasteiger partial charge >= 0.3 is 5.97 Å². The molecule has 1 fully saturated rings. The maximum absolute atomic E-state index is 13.3. The van der Waals surface area contributed by atoms with Crippen molar-refractivity contribution in [1.82, 2.24) is 4.90 Å². The van der Waals surface area contributed by atoms with Gasteiger partial charge in [-0.2, -0.15) is 0 Å². The number of carbonyl (C=O) groups is 3. The molecule has 0 saturated carbocycles. The number of fused-ring (bicyclic) bond motifs is 2. The molecule has 0 aliphatic carbocycles. The Morgan fingerprint density at radius 3 is 2.54 bits per heavy atom. The van der Waals surface area contributed by atoms with E-state index in [1.807, 2.05) is 53.4 Å². The predicted octanol–water partition coefficient (Wildman–Crippen LogP) is 4.31. The Hall–Kier alpha value is -4.30. The Morgan fingerprint density at radius 2 is 1.77 bits per heavy atom. The minimum absolute atomic E-state index is 0.141. The molecule has 3 heterocycles. The number of carbonyl (C=O) groups excluding carboxylic acids is 3. The SMILES string of the molecule is COC(=O)c1ccc2c(c1)NC(=O)C2C(=Nc1ccc2c(c1)CCN2C(=O)CN1CCCC1)c1ccccc1. The molecule has 8 heteroatoms. The Bertz CT molecular complexity index is 1480. The predicted molar refractivity (Wildman–Crippen MR) is 150 cm³/mol. The van der Waals surface area contributed by atoms with Gasteiger partial charge in [0.15, 0.2) is 0 Å². The van der Waals surface area contributed by atoms with Gasteiger partial charge in [-0.25, -0.2) is 4.79 Å². The average Bonchev–Trinajstić information content (AvgIpc) is 3.69. The highest BCUT2D eigenvalue weighted by Crippen LogP contribution is 2.38. The summed E-state index contributed by atoms with van der Waals surface area (Å²) < 4.78 is 4.84. The molecule has 3 aromatic carbocycles. The number of nitrogens with one attached hydrogen (secondary N) is 1. The second kappa shape index (κ2) is 10.5. The van der Waals surface area contributed by atoms with Gasteiger partial charge in [-0.1, -0.05) is 36.4 Å². The summed E-state index contributed by atoms with van der Waals surface area (Å²) >= 11 is 0. The van der Waals surface area contributed by atoms with Crippen LogP contribution in [0.15, 0.2) is 71.7 Å². The van der Waals surface area contributed by atoms with Gasteiger partial charge < -0.3 is 15.0 Å². The van der Waals surface area contributed by atoms with E-state index in [0.29, 0.717) is 30.1 Å². The third-order valence-electron chi connectivity index (χ3n) is 7.72. The quantitative estimate of drug-likeness (QED) is 0.385. The first-order chi connectivity index (χ1) is 19.0. The molecule has 0 spiro atoms. The molecular formula is C31H30N4O4. The molecule has 1 atom stereocenters. The summed E-state index contributed by atoms with van der Waals surface area (Å²) in [5.41, 5.74) is 5.93.